The lowest BCUT2D eigenvalue weighted by molar-refractivity contribution is -0.180. The average Bonchev–Trinajstić information content (AvgIpc) is 3.03. The Morgan fingerprint density at radius 1 is 1.17 bits per heavy atom. The molecule has 0 unspecified atom stereocenters. The molecule has 126 valence electrons. The molecule has 0 saturated carbocycles. The molecule has 2 aliphatic rings. The highest BCUT2D eigenvalue weighted by Crippen LogP contribution is 2.32. The summed E-state index contributed by atoms with van der Waals surface area (Å²) in [6.07, 6.45) is 1.66. The van der Waals surface area contributed by atoms with Crippen LogP contribution in [0.2, 0.25) is 0 Å². The first-order valence-electron chi connectivity index (χ1n) is 7.72. The average molecular weight is 338 g/mol. The molecule has 1 N–H and O–H groups in total. The monoisotopic (exact) mass is 338 g/mol. The molecule has 1 aromatic rings. The third-order valence-electron chi connectivity index (χ3n) is 4.28. The first-order chi connectivity index (χ1) is 11.2. The Labute approximate surface area is 141 Å². The van der Waals surface area contributed by atoms with Gasteiger partial charge in [-0.05, 0) is 24.4 Å². The SMILES string of the molecule is COc1ccc(NC(=S)N2CCC3(CC2)OCCO3)c(OC)c1. The molecule has 6 nitrogen and oxygen atoms in total. The van der Waals surface area contributed by atoms with Crippen molar-refractivity contribution in [2.75, 3.05) is 45.8 Å². The Morgan fingerprint density at radius 2 is 1.87 bits per heavy atom. The summed E-state index contributed by atoms with van der Waals surface area (Å²) in [7, 11) is 3.26. The molecule has 2 aliphatic heterocycles. The van der Waals surface area contributed by atoms with Crippen LogP contribution in [0.15, 0.2) is 18.2 Å². The molecule has 0 amide bonds. The van der Waals surface area contributed by atoms with E-state index in [1.807, 2.05) is 18.2 Å². The Bertz CT molecular complexity index is 565. The van der Waals surface area contributed by atoms with E-state index in [0.717, 1.165) is 37.4 Å². The number of methoxy groups -OCH3 is 2. The number of thiocarbonyl (C=S) groups is 1. The van der Waals surface area contributed by atoms with E-state index in [0.29, 0.717) is 24.1 Å². The van der Waals surface area contributed by atoms with Crippen LogP contribution in [-0.4, -0.2) is 56.3 Å². The van der Waals surface area contributed by atoms with E-state index in [1.165, 1.54) is 0 Å². The standard InChI is InChI=1S/C16H22N2O4S/c1-19-12-3-4-13(14(11-12)20-2)17-15(23)18-7-5-16(6-8-18)21-9-10-22-16/h3-4,11H,5-10H2,1-2H3,(H,17,23). The molecule has 1 aromatic carbocycles. The van der Waals surface area contributed by atoms with Crippen LogP contribution in [0, 0.1) is 0 Å². The summed E-state index contributed by atoms with van der Waals surface area (Å²) in [5.41, 5.74) is 0.826. The van der Waals surface area contributed by atoms with Gasteiger partial charge in [0.25, 0.3) is 0 Å². The van der Waals surface area contributed by atoms with Crippen LogP contribution in [0.1, 0.15) is 12.8 Å². The molecule has 2 fully saturated rings. The van der Waals surface area contributed by atoms with Crippen LogP contribution in [0.3, 0.4) is 0 Å². The van der Waals surface area contributed by atoms with Crippen LogP contribution < -0.4 is 14.8 Å². The number of benzene rings is 1. The second-order valence-corrected chi connectivity index (χ2v) is 5.98. The predicted octanol–water partition coefficient (Wildman–Crippen LogP) is 2.24. The molecule has 0 aromatic heterocycles. The molecule has 3 rings (SSSR count). The van der Waals surface area contributed by atoms with Crippen molar-refractivity contribution in [3.8, 4) is 11.5 Å². The van der Waals surface area contributed by atoms with Crippen LogP contribution in [-0.2, 0) is 9.47 Å². The molecule has 23 heavy (non-hydrogen) atoms. The van der Waals surface area contributed by atoms with Crippen LogP contribution in [0.25, 0.3) is 0 Å². The normalized spacial score (nSPS) is 19.7. The van der Waals surface area contributed by atoms with Crippen molar-refractivity contribution in [1.29, 1.82) is 0 Å². The Hall–Kier alpha value is -1.57. The summed E-state index contributed by atoms with van der Waals surface area (Å²) in [5, 5.41) is 3.94. The lowest BCUT2D eigenvalue weighted by Crippen LogP contribution is -2.48. The number of hydrogen-bond donors (Lipinski definition) is 1. The van der Waals surface area contributed by atoms with E-state index < -0.39 is 0 Å². The number of anilines is 1. The summed E-state index contributed by atoms with van der Waals surface area (Å²) in [5.74, 6) is 1.06. The van der Waals surface area contributed by atoms with Gasteiger partial charge in [0, 0.05) is 32.0 Å². The molecule has 1 spiro atoms. The van der Waals surface area contributed by atoms with Crippen molar-refractivity contribution < 1.29 is 18.9 Å². The molecule has 0 aliphatic carbocycles. The van der Waals surface area contributed by atoms with Crippen LogP contribution in [0.4, 0.5) is 5.69 Å². The molecule has 0 radical (unpaired) electrons. The fourth-order valence-electron chi connectivity index (χ4n) is 2.93. The summed E-state index contributed by atoms with van der Waals surface area (Å²) < 4.78 is 22.1. The van der Waals surface area contributed by atoms with Gasteiger partial charge in [0.05, 0.1) is 33.1 Å². The fraction of sp³-hybridized carbons (Fsp3) is 0.562. The quantitative estimate of drug-likeness (QED) is 0.848. The second kappa shape index (κ2) is 6.90. The van der Waals surface area contributed by atoms with Crippen molar-refractivity contribution >= 4 is 23.0 Å². The minimum atomic E-state index is -0.385. The fourth-order valence-corrected chi connectivity index (χ4v) is 3.22. The zero-order valence-corrected chi connectivity index (χ0v) is 14.3. The Kier molecular flexibility index (Phi) is 4.89. The molecule has 0 bridgehead atoms. The zero-order valence-electron chi connectivity index (χ0n) is 13.5. The van der Waals surface area contributed by atoms with Gasteiger partial charge in [0.15, 0.2) is 10.9 Å². The van der Waals surface area contributed by atoms with Crippen molar-refractivity contribution in [1.82, 2.24) is 4.90 Å². The Balaban J connectivity index is 1.61. The second-order valence-electron chi connectivity index (χ2n) is 5.59. The number of nitrogens with zero attached hydrogens (tertiary/aromatic N) is 1. The number of likely N-dealkylation sites (tertiary alicyclic amines) is 1. The molecule has 2 saturated heterocycles. The maximum atomic E-state index is 5.74. The van der Waals surface area contributed by atoms with Gasteiger partial charge in [-0.15, -0.1) is 0 Å². The number of ether oxygens (including phenoxy) is 4. The van der Waals surface area contributed by atoms with Crippen molar-refractivity contribution in [3.05, 3.63) is 18.2 Å². The molecule has 2 heterocycles. The van der Waals surface area contributed by atoms with Gasteiger partial charge in [-0.1, -0.05) is 0 Å². The summed E-state index contributed by atoms with van der Waals surface area (Å²) in [4.78, 5) is 2.13. The highest BCUT2D eigenvalue weighted by Gasteiger charge is 2.40. The van der Waals surface area contributed by atoms with E-state index >= 15 is 0 Å². The van der Waals surface area contributed by atoms with Gasteiger partial charge in [-0.25, -0.2) is 0 Å². The maximum Gasteiger partial charge on any atom is 0.173 e. The third-order valence-corrected chi connectivity index (χ3v) is 4.64. The van der Waals surface area contributed by atoms with E-state index in [4.69, 9.17) is 31.2 Å². The molecule has 0 atom stereocenters. The molecular formula is C16H22N2O4S. The van der Waals surface area contributed by atoms with E-state index in [2.05, 4.69) is 10.2 Å². The van der Waals surface area contributed by atoms with Gasteiger partial charge >= 0.3 is 0 Å². The van der Waals surface area contributed by atoms with Crippen molar-refractivity contribution in [2.45, 2.75) is 18.6 Å². The maximum absolute atomic E-state index is 5.74. The van der Waals surface area contributed by atoms with Gasteiger partial charge in [-0.3, -0.25) is 0 Å². The number of rotatable bonds is 3. The summed E-state index contributed by atoms with van der Waals surface area (Å²) in [6, 6.07) is 5.60. The van der Waals surface area contributed by atoms with E-state index in [-0.39, 0.29) is 5.79 Å². The highest BCUT2D eigenvalue weighted by molar-refractivity contribution is 7.80. The molecular weight excluding hydrogens is 316 g/mol. The smallest absolute Gasteiger partial charge is 0.173 e. The van der Waals surface area contributed by atoms with E-state index in [1.54, 1.807) is 14.2 Å². The minimum Gasteiger partial charge on any atom is -0.497 e. The summed E-state index contributed by atoms with van der Waals surface area (Å²) >= 11 is 5.53. The lowest BCUT2D eigenvalue weighted by atomic mass is 10.0. The van der Waals surface area contributed by atoms with E-state index in [9.17, 15) is 0 Å². The number of piperidine rings is 1. The van der Waals surface area contributed by atoms with Gasteiger partial charge in [0.1, 0.15) is 11.5 Å². The van der Waals surface area contributed by atoms with Gasteiger partial charge < -0.3 is 29.2 Å². The summed E-state index contributed by atoms with van der Waals surface area (Å²) in [6.45, 7) is 2.99. The third kappa shape index (κ3) is 3.52. The predicted molar refractivity (Wildman–Crippen MR) is 91.2 cm³/mol. The van der Waals surface area contributed by atoms with Gasteiger partial charge in [0.2, 0.25) is 0 Å². The van der Waals surface area contributed by atoms with Crippen molar-refractivity contribution in [3.63, 3.8) is 0 Å². The lowest BCUT2D eigenvalue weighted by Gasteiger charge is -2.38. The highest BCUT2D eigenvalue weighted by atomic mass is 32.1. The van der Waals surface area contributed by atoms with Gasteiger partial charge in [-0.2, -0.15) is 0 Å². The minimum absolute atomic E-state index is 0.385. The number of hydrogen-bond acceptors (Lipinski definition) is 5. The van der Waals surface area contributed by atoms with Crippen LogP contribution in [0.5, 0.6) is 11.5 Å². The Morgan fingerprint density at radius 3 is 2.48 bits per heavy atom. The van der Waals surface area contributed by atoms with Crippen LogP contribution >= 0.6 is 12.2 Å². The first kappa shape index (κ1) is 16.3. The topological polar surface area (TPSA) is 52.2 Å². The largest absolute Gasteiger partial charge is 0.497 e. The first-order valence-corrected chi connectivity index (χ1v) is 8.12. The van der Waals surface area contributed by atoms with Crippen molar-refractivity contribution in [2.24, 2.45) is 0 Å². The number of nitrogens with one attached hydrogen (secondary N) is 1. The molecule has 7 heteroatoms. The zero-order chi connectivity index (χ0) is 16.3.